The minimum atomic E-state index is -0.305. The van der Waals surface area contributed by atoms with E-state index in [-0.39, 0.29) is 18.0 Å². The number of carbonyl (C=O) groups excluding carboxylic acids is 1. The Morgan fingerprint density at radius 1 is 1.41 bits per heavy atom. The lowest BCUT2D eigenvalue weighted by molar-refractivity contribution is -0.116. The minimum absolute atomic E-state index is 0.0944. The zero-order valence-electron chi connectivity index (χ0n) is 14.9. The Morgan fingerprint density at radius 2 is 2.19 bits per heavy atom. The molecular formula is C20H18N4O2S. The molecule has 0 saturated carbocycles. The van der Waals surface area contributed by atoms with Gasteiger partial charge in [0.25, 0.3) is 5.56 Å². The third kappa shape index (κ3) is 3.36. The number of amides is 1. The highest BCUT2D eigenvalue weighted by Crippen LogP contribution is 2.35. The van der Waals surface area contributed by atoms with Crippen molar-refractivity contribution in [2.75, 3.05) is 5.32 Å². The number of aromatic nitrogens is 2. The highest BCUT2D eigenvalue weighted by molar-refractivity contribution is 7.18. The Bertz CT molecular complexity index is 1120. The average Bonchev–Trinajstić information content (AvgIpc) is 3.02. The number of nitriles is 1. The summed E-state index contributed by atoms with van der Waals surface area (Å²) in [4.78, 5) is 31.7. The van der Waals surface area contributed by atoms with E-state index in [1.807, 2.05) is 6.07 Å². The maximum absolute atomic E-state index is 12.9. The topological polar surface area (TPSA) is 87.8 Å². The number of benzene rings is 1. The summed E-state index contributed by atoms with van der Waals surface area (Å²) in [5, 5.41) is 12.2. The predicted molar refractivity (Wildman–Crippen MR) is 105 cm³/mol. The van der Waals surface area contributed by atoms with Gasteiger partial charge in [0.1, 0.15) is 11.4 Å². The molecule has 1 aliphatic rings. The molecule has 4 rings (SSSR count). The molecule has 27 heavy (non-hydrogen) atoms. The van der Waals surface area contributed by atoms with Gasteiger partial charge in [0, 0.05) is 10.6 Å². The summed E-state index contributed by atoms with van der Waals surface area (Å²) >= 11 is 1.60. The molecule has 1 aliphatic carbocycles. The number of rotatable bonds is 3. The van der Waals surface area contributed by atoms with E-state index in [4.69, 9.17) is 5.26 Å². The molecule has 2 aromatic heterocycles. The summed E-state index contributed by atoms with van der Waals surface area (Å²) in [6.07, 6.45) is 4.42. The normalized spacial score (nSPS) is 15.9. The fourth-order valence-corrected chi connectivity index (χ4v) is 4.80. The highest BCUT2D eigenvalue weighted by Gasteiger charge is 2.23. The first-order valence-electron chi connectivity index (χ1n) is 8.85. The maximum Gasteiger partial charge on any atom is 0.262 e. The summed E-state index contributed by atoms with van der Waals surface area (Å²) in [5.41, 5.74) is 2.08. The number of hydrogen-bond acceptors (Lipinski definition) is 5. The van der Waals surface area contributed by atoms with Gasteiger partial charge in [-0.15, -0.1) is 11.3 Å². The second-order valence-corrected chi connectivity index (χ2v) is 8.03. The predicted octanol–water partition coefficient (Wildman–Crippen LogP) is 3.09. The van der Waals surface area contributed by atoms with Crippen molar-refractivity contribution in [3.63, 3.8) is 0 Å². The zero-order chi connectivity index (χ0) is 19.0. The third-order valence-electron chi connectivity index (χ3n) is 4.89. The second kappa shape index (κ2) is 6.97. The maximum atomic E-state index is 12.9. The molecule has 2 heterocycles. The van der Waals surface area contributed by atoms with E-state index < -0.39 is 0 Å². The van der Waals surface area contributed by atoms with Crippen LogP contribution in [0.25, 0.3) is 10.2 Å². The molecule has 1 aromatic carbocycles. The van der Waals surface area contributed by atoms with Gasteiger partial charge in [-0.05, 0) is 55.0 Å². The van der Waals surface area contributed by atoms with Gasteiger partial charge >= 0.3 is 0 Å². The van der Waals surface area contributed by atoms with Crippen molar-refractivity contribution in [1.82, 2.24) is 9.55 Å². The van der Waals surface area contributed by atoms with Crippen LogP contribution in [0.5, 0.6) is 0 Å². The fraction of sp³-hybridized carbons (Fsp3) is 0.300. The van der Waals surface area contributed by atoms with Gasteiger partial charge in [0.2, 0.25) is 5.91 Å². The summed E-state index contributed by atoms with van der Waals surface area (Å²) in [5.74, 6) is 0.326. The van der Waals surface area contributed by atoms with Crippen molar-refractivity contribution >= 4 is 33.1 Å². The second-order valence-electron chi connectivity index (χ2n) is 6.95. The van der Waals surface area contributed by atoms with Gasteiger partial charge < -0.3 is 5.32 Å². The number of hydrogen-bond donors (Lipinski definition) is 1. The van der Waals surface area contributed by atoms with Crippen LogP contribution in [0, 0.1) is 17.2 Å². The standard InChI is InChI=1S/C20H18N4O2S/c1-12-2-7-15-16(8-12)27-19-18(15)20(26)24(11-22-19)10-17(25)23-14-5-3-13(9-21)4-6-14/h3-6,11-12H,2,7-8,10H2,1H3,(H,23,25)/t12-/m1/s1. The van der Waals surface area contributed by atoms with Crippen molar-refractivity contribution < 1.29 is 4.79 Å². The molecule has 0 saturated heterocycles. The van der Waals surface area contributed by atoms with Crippen LogP contribution in [0.1, 0.15) is 29.3 Å². The summed E-state index contributed by atoms with van der Waals surface area (Å²) in [6, 6.07) is 8.62. The Hall–Kier alpha value is -2.98. The Morgan fingerprint density at radius 3 is 2.93 bits per heavy atom. The molecule has 0 aliphatic heterocycles. The SMILES string of the molecule is C[C@@H]1CCc2c(sc3ncn(CC(=O)Nc4ccc(C#N)cc4)c(=O)c23)C1. The Kier molecular flexibility index (Phi) is 4.50. The number of thiophene rings is 1. The van der Waals surface area contributed by atoms with Gasteiger partial charge in [0.15, 0.2) is 0 Å². The number of anilines is 1. The first-order chi connectivity index (χ1) is 13.0. The fourth-order valence-electron chi connectivity index (χ4n) is 3.46. The Labute approximate surface area is 160 Å². The smallest absolute Gasteiger partial charge is 0.262 e. The first-order valence-corrected chi connectivity index (χ1v) is 9.66. The van der Waals surface area contributed by atoms with E-state index in [9.17, 15) is 9.59 Å². The molecule has 0 radical (unpaired) electrons. The summed E-state index contributed by atoms with van der Waals surface area (Å²) in [6.45, 7) is 2.13. The quantitative estimate of drug-likeness (QED) is 0.759. The van der Waals surface area contributed by atoms with Gasteiger partial charge in [-0.3, -0.25) is 14.2 Å². The van der Waals surface area contributed by atoms with Crippen LogP contribution in [0.15, 0.2) is 35.4 Å². The van der Waals surface area contributed by atoms with Crippen LogP contribution >= 0.6 is 11.3 Å². The molecule has 1 atom stereocenters. The van der Waals surface area contributed by atoms with Crippen molar-refractivity contribution in [1.29, 1.82) is 5.26 Å². The molecule has 0 spiro atoms. The molecule has 7 heteroatoms. The lowest BCUT2D eigenvalue weighted by atomic mass is 9.89. The molecule has 136 valence electrons. The van der Waals surface area contributed by atoms with Crippen molar-refractivity contribution in [3.8, 4) is 6.07 Å². The van der Waals surface area contributed by atoms with Crippen molar-refractivity contribution in [2.24, 2.45) is 5.92 Å². The van der Waals surface area contributed by atoms with Crippen LogP contribution < -0.4 is 10.9 Å². The zero-order valence-corrected chi connectivity index (χ0v) is 15.7. The van der Waals surface area contributed by atoms with E-state index >= 15 is 0 Å². The lowest BCUT2D eigenvalue weighted by Crippen LogP contribution is -2.28. The molecule has 0 unspecified atom stereocenters. The molecule has 1 N–H and O–H groups in total. The monoisotopic (exact) mass is 378 g/mol. The first kappa shape index (κ1) is 17.4. The van der Waals surface area contributed by atoms with Crippen LogP contribution in [0.4, 0.5) is 5.69 Å². The van der Waals surface area contributed by atoms with E-state index in [0.717, 1.165) is 29.7 Å². The molecule has 0 fully saturated rings. The lowest BCUT2D eigenvalue weighted by Gasteiger charge is -2.17. The third-order valence-corrected chi connectivity index (χ3v) is 6.06. The van der Waals surface area contributed by atoms with Crippen molar-refractivity contribution in [2.45, 2.75) is 32.7 Å². The van der Waals surface area contributed by atoms with Crippen LogP contribution in [0.3, 0.4) is 0 Å². The molecule has 6 nitrogen and oxygen atoms in total. The average molecular weight is 378 g/mol. The molecule has 3 aromatic rings. The van der Waals surface area contributed by atoms with Crippen molar-refractivity contribution in [3.05, 3.63) is 57.0 Å². The Balaban J connectivity index is 1.58. The number of nitrogens with one attached hydrogen (secondary N) is 1. The van der Waals surface area contributed by atoms with Crippen LogP contribution in [-0.4, -0.2) is 15.5 Å². The minimum Gasteiger partial charge on any atom is -0.325 e. The molecule has 1 amide bonds. The molecule has 0 bridgehead atoms. The highest BCUT2D eigenvalue weighted by atomic mass is 32.1. The number of aryl methyl sites for hydroxylation is 1. The van der Waals surface area contributed by atoms with E-state index in [1.165, 1.54) is 15.8 Å². The summed E-state index contributed by atoms with van der Waals surface area (Å²) in [7, 11) is 0. The largest absolute Gasteiger partial charge is 0.325 e. The van der Waals surface area contributed by atoms with Crippen LogP contribution in [-0.2, 0) is 24.2 Å². The van der Waals surface area contributed by atoms with E-state index in [0.29, 0.717) is 22.6 Å². The van der Waals surface area contributed by atoms with E-state index in [2.05, 4.69) is 17.2 Å². The van der Waals surface area contributed by atoms with Gasteiger partial charge in [0.05, 0.1) is 23.3 Å². The number of fused-ring (bicyclic) bond motifs is 3. The van der Waals surface area contributed by atoms with Gasteiger partial charge in [-0.2, -0.15) is 5.26 Å². The summed E-state index contributed by atoms with van der Waals surface area (Å²) < 4.78 is 1.37. The van der Waals surface area contributed by atoms with Crippen LogP contribution in [0.2, 0.25) is 0 Å². The van der Waals surface area contributed by atoms with Gasteiger partial charge in [-0.1, -0.05) is 6.92 Å². The van der Waals surface area contributed by atoms with Gasteiger partial charge in [-0.25, -0.2) is 4.98 Å². The number of carbonyl (C=O) groups is 1. The van der Waals surface area contributed by atoms with E-state index in [1.54, 1.807) is 35.6 Å². The molecular weight excluding hydrogens is 360 g/mol. The number of nitrogens with zero attached hydrogens (tertiary/aromatic N) is 3.